The first kappa shape index (κ1) is 11.8. The Morgan fingerprint density at radius 1 is 1.53 bits per heavy atom. The first-order chi connectivity index (χ1) is 7.27. The van der Waals surface area contributed by atoms with Gasteiger partial charge in [-0.3, -0.25) is 0 Å². The highest BCUT2D eigenvalue weighted by Gasteiger charge is 2.25. The van der Waals surface area contributed by atoms with Gasteiger partial charge >= 0.3 is 6.09 Å². The predicted molar refractivity (Wildman–Crippen MR) is 56.1 cm³/mol. The lowest BCUT2D eigenvalue weighted by Gasteiger charge is -2.25. The highest BCUT2D eigenvalue weighted by Crippen LogP contribution is 2.26. The van der Waals surface area contributed by atoms with E-state index in [0.717, 1.165) is 25.7 Å². The van der Waals surface area contributed by atoms with Crippen LogP contribution in [0.4, 0.5) is 4.79 Å². The molecule has 84 valence electrons. The zero-order valence-corrected chi connectivity index (χ0v) is 9.16. The van der Waals surface area contributed by atoms with Gasteiger partial charge < -0.3 is 10.1 Å². The van der Waals surface area contributed by atoms with Crippen LogP contribution in [0.15, 0.2) is 0 Å². The second-order valence-corrected chi connectivity index (χ2v) is 3.87. The van der Waals surface area contributed by atoms with Crippen molar-refractivity contribution >= 4 is 6.09 Å². The Labute approximate surface area is 90.6 Å². The number of carbonyl (C=O) groups is 1. The lowest BCUT2D eigenvalue weighted by molar-refractivity contribution is 0.145. The Kier molecular flexibility index (Phi) is 4.96. The minimum atomic E-state index is -0.477. The minimum absolute atomic E-state index is 0.299. The van der Waals surface area contributed by atoms with E-state index in [4.69, 9.17) is 10.00 Å². The maximum atomic E-state index is 11.2. The molecular formula is C11H18N2O2. The molecule has 0 radical (unpaired) electrons. The molecule has 1 aliphatic rings. The van der Waals surface area contributed by atoms with E-state index in [1.165, 1.54) is 6.42 Å². The number of rotatable bonds is 3. The molecule has 0 aromatic carbocycles. The van der Waals surface area contributed by atoms with Gasteiger partial charge in [0, 0.05) is 0 Å². The Morgan fingerprint density at radius 3 is 2.73 bits per heavy atom. The van der Waals surface area contributed by atoms with Gasteiger partial charge in [-0.1, -0.05) is 19.3 Å². The summed E-state index contributed by atoms with van der Waals surface area (Å²) in [4.78, 5) is 11.2. The van der Waals surface area contributed by atoms with Crippen LogP contribution in [0.25, 0.3) is 0 Å². The quantitative estimate of drug-likeness (QED) is 0.776. The van der Waals surface area contributed by atoms with Crippen LogP contribution < -0.4 is 5.32 Å². The van der Waals surface area contributed by atoms with Crippen LogP contribution in [0.1, 0.15) is 39.0 Å². The van der Waals surface area contributed by atoms with Crippen molar-refractivity contribution in [3.8, 4) is 6.07 Å². The van der Waals surface area contributed by atoms with E-state index in [9.17, 15) is 4.79 Å². The monoisotopic (exact) mass is 210 g/mol. The molecule has 1 N–H and O–H groups in total. The average Bonchev–Trinajstić information content (AvgIpc) is 2.27. The summed E-state index contributed by atoms with van der Waals surface area (Å²) in [5.74, 6) is 0.299. The zero-order chi connectivity index (χ0) is 11.1. The van der Waals surface area contributed by atoms with Crippen molar-refractivity contribution in [3.63, 3.8) is 0 Å². The van der Waals surface area contributed by atoms with Gasteiger partial charge in [0.15, 0.2) is 0 Å². The summed E-state index contributed by atoms with van der Waals surface area (Å²) in [6, 6.07) is 1.76. The minimum Gasteiger partial charge on any atom is -0.450 e. The molecule has 1 fully saturated rings. The van der Waals surface area contributed by atoms with E-state index in [1.54, 1.807) is 6.92 Å². The van der Waals surface area contributed by atoms with Gasteiger partial charge in [0.25, 0.3) is 0 Å². The molecule has 4 nitrogen and oxygen atoms in total. The van der Waals surface area contributed by atoms with E-state index >= 15 is 0 Å². The molecule has 0 spiro atoms. The second-order valence-electron chi connectivity index (χ2n) is 3.87. The van der Waals surface area contributed by atoms with Crippen molar-refractivity contribution in [2.75, 3.05) is 6.61 Å². The SMILES string of the molecule is CCOC(=O)NC(C#N)C1CCCCC1. The molecule has 0 aromatic heterocycles. The van der Waals surface area contributed by atoms with E-state index in [1.807, 2.05) is 0 Å². The fourth-order valence-corrected chi connectivity index (χ4v) is 2.02. The highest BCUT2D eigenvalue weighted by molar-refractivity contribution is 5.68. The number of hydrogen-bond acceptors (Lipinski definition) is 3. The number of alkyl carbamates (subject to hydrolysis) is 1. The largest absolute Gasteiger partial charge is 0.450 e. The molecule has 1 rings (SSSR count). The third-order valence-electron chi connectivity index (χ3n) is 2.81. The third kappa shape index (κ3) is 3.78. The first-order valence-electron chi connectivity index (χ1n) is 5.60. The van der Waals surface area contributed by atoms with E-state index in [2.05, 4.69) is 11.4 Å². The molecule has 0 bridgehead atoms. The lowest BCUT2D eigenvalue weighted by Crippen LogP contribution is -2.40. The molecule has 0 heterocycles. The van der Waals surface area contributed by atoms with Gasteiger partial charge in [0.2, 0.25) is 0 Å². The maximum Gasteiger partial charge on any atom is 0.408 e. The van der Waals surface area contributed by atoms with Crippen LogP contribution in [0.2, 0.25) is 0 Å². The molecule has 1 saturated carbocycles. The number of amides is 1. The average molecular weight is 210 g/mol. The predicted octanol–water partition coefficient (Wildman–Crippen LogP) is 2.20. The molecule has 1 unspecified atom stereocenters. The van der Waals surface area contributed by atoms with Gasteiger partial charge in [0.1, 0.15) is 6.04 Å². The van der Waals surface area contributed by atoms with Crippen molar-refractivity contribution in [2.45, 2.75) is 45.1 Å². The van der Waals surface area contributed by atoms with E-state index < -0.39 is 6.09 Å². The van der Waals surface area contributed by atoms with Gasteiger partial charge in [-0.15, -0.1) is 0 Å². The summed E-state index contributed by atoms with van der Waals surface area (Å²) in [6.07, 6.45) is 5.15. The molecule has 1 atom stereocenters. The molecule has 0 aliphatic heterocycles. The molecular weight excluding hydrogens is 192 g/mol. The fraction of sp³-hybridized carbons (Fsp3) is 0.818. The number of nitrogens with one attached hydrogen (secondary N) is 1. The Bertz CT molecular complexity index is 241. The lowest BCUT2D eigenvalue weighted by atomic mass is 9.84. The fourth-order valence-electron chi connectivity index (χ4n) is 2.02. The van der Waals surface area contributed by atoms with Crippen LogP contribution in [0, 0.1) is 17.2 Å². The number of ether oxygens (including phenoxy) is 1. The Morgan fingerprint density at radius 2 is 2.20 bits per heavy atom. The van der Waals surface area contributed by atoms with Gasteiger partial charge in [-0.2, -0.15) is 5.26 Å². The molecule has 0 saturated heterocycles. The van der Waals surface area contributed by atoms with Crippen molar-refractivity contribution in [3.05, 3.63) is 0 Å². The van der Waals surface area contributed by atoms with Crippen LogP contribution in [-0.2, 0) is 4.74 Å². The third-order valence-corrected chi connectivity index (χ3v) is 2.81. The summed E-state index contributed by atoms with van der Waals surface area (Å²) in [5.41, 5.74) is 0. The van der Waals surface area contributed by atoms with Crippen LogP contribution in [0.5, 0.6) is 0 Å². The van der Waals surface area contributed by atoms with Crippen LogP contribution in [-0.4, -0.2) is 18.7 Å². The summed E-state index contributed by atoms with van der Waals surface area (Å²) in [7, 11) is 0. The van der Waals surface area contributed by atoms with Crippen molar-refractivity contribution in [1.82, 2.24) is 5.32 Å². The molecule has 1 aliphatic carbocycles. The normalized spacial score (nSPS) is 18.9. The van der Waals surface area contributed by atoms with Crippen LogP contribution in [0.3, 0.4) is 0 Å². The van der Waals surface area contributed by atoms with Gasteiger partial charge in [0.05, 0.1) is 12.7 Å². The van der Waals surface area contributed by atoms with Crippen molar-refractivity contribution < 1.29 is 9.53 Å². The van der Waals surface area contributed by atoms with Crippen molar-refractivity contribution in [2.24, 2.45) is 5.92 Å². The second kappa shape index (κ2) is 6.28. The molecule has 15 heavy (non-hydrogen) atoms. The molecule has 0 aromatic rings. The number of nitriles is 1. The van der Waals surface area contributed by atoms with Crippen molar-refractivity contribution in [1.29, 1.82) is 5.26 Å². The number of hydrogen-bond donors (Lipinski definition) is 1. The maximum absolute atomic E-state index is 11.2. The Hall–Kier alpha value is -1.24. The number of carbonyl (C=O) groups excluding carboxylic acids is 1. The number of nitrogens with zero attached hydrogens (tertiary/aromatic N) is 1. The van der Waals surface area contributed by atoms with E-state index in [-0.39, 0.29) is 6.04 Å². The standard InChI is InChI=1S/C11H18N2O2/c1-2-15-11(14)13-10(8-12)9-6-4-3-5-7-9/h9-10H,2-7H2,1H3,(H,13,14). The first-order valence-corrected chi connectivity index (χ1v) is 5.60. The topological polar surface area (TPSA) is 62.1 Å². The smallest absolute Gasteiger partial charge is 0.408 e. The molecule has 1 amide bonds. The Balaban J connectivity index is 2.41. The zero-order valence-electron chi connectivity index (χ0n) is 9.16. The molecule has 4 heteroatoms. The van der Waals surface area contributed by atoms with Gasteiger partial charge in [-0.25, -0.2) is 4.79 Å². The van der Waals surface area contributed by atoms with Gasteiger partial charge in [-0.05, 0) is 25.7 Å². The van der Waals surface area contributed by atoms with Crippen LogP contribution >= 0.6 is 0 Å². The summed E-state index contributed by atoms with van der Waals surface area (Å²) in [6.45, 7) is 2.09. The summed E-state index contributed by atoms with van der Waals surface area (Å²) >= 11 is 0. The van der Waals surface area contributed by atoms with E-state index in [0.29, 0.717) is 12.5 Å². The highest BCUT2D eigenvalue weighted by atomic mass is 16.5. The summed E-state index contributed by atoms with van der Waals surface area (Å²) < 4.78 is 4.76. The summed E-state index contributed by atoms with van der Waals surface area (Å²) in [5, 5.41) is 11.6.